The van der Waals surface area contributed by atoms with Crippen molar-refractivity contribution in [3.8, 4) is 0 Å². The summed E-state index contributed by atoms with van der Waals surface area (Å²) in [6.07, 6.45) is 8.13. The zero-order chi connectivity index (χ0) is 16.9. The van der Waals surface area contributed by atoms with Gasteiger partial charge in [-0.2, -0.15) is 0 Å². The van der Waals surface area contributed by atoms with Gasteiger partial charge in [0, 0.05) is 31.2 Å². The molecule has 1 saturated carbocycles. The highest BCUT2D eigenvalue weighted by molar-refractivity contribution is 5.95. The van der Waals surface area contributed by atoms with E-state index in [9.17, 15) is 9.59 Å². The van der Waals surface area contributed by atoms with Crippen molar-refractivity contribution in [1.29, 1.82) is 0 Å². The lowest BCUT2D eigenvalue weighted by Crippen LogP contribution is -2.42. The highest BCUT2D eigenvalue weighted by Crippen LogP contribution is 2.24. The molecular weight excluding hydrogens is 300 g/mol. The predicted molar refractivity (Wildman–Crippen MR) is 96.0 cm³/mol. The molecule has 130 valence electrons. The maximum absolute atomic E-state index is 12.7. The van der Waals surface area contributed by atoms with Crippen molar-refractivity contribution in [2.24, 2.45) is 0 Å². The molecule has 4 nitrogen and oxygen atoms in total. The SMILES string of the molecule is CCN(C(=O)Cc1ccc(N2CCCC2=O)cc1)C1CCCCC1. The van der Waals surface area contributed by atoms with Crippen molar-refractivity contribution >= 4 is 17.5 Å². The van der Waals surface area contributed by atoms with E-state index in [1.165, 1.54) is 19.3 Å². The summed E-state index contributed by atoms with van der Waals surface area (Å²) in [4.78, 5) is 28.4. The second-order valence-electron chi connectivity index (χ2n) is 6.96. The van der Waals surface area contributed by atoms with Gasteiger partial charge >= 0.3 is 0 Å². The van der Waals surface area contributed by atoms with E-state index < -0.39 is 0 Å². The lowest BCUT2D eigenvalue weighted by atomic mass is 9.93. The highest BCUT2D eigenvalue weighted by atomic mass is 16.2. The molecule has 0 radical (unpaired) electrons. The molecule has 0 spiro atoms. The summed E-state index contributed by atoms with van der Waals surface area (Å²) in [7, 11) is 0. The topological polar surface area (TPSA) is 40.6 Å². The van der Waals surface area contributed by atoms with Crippen LogP contribution in [0.3, 0.4) is 0 Å². The highest BCUT2D eigenvalue weighted by Gasteiger charge is 2.24. The number of hydrogen-bond donors (Lipinski definition) is 0. The fourth-order valence-corrected chi connectivity index (χ4v) is 4.02. The first-order valence-electron chi connectivity index (χ1n) is 9.38. The molecule has 1 heterocycles. The van der Waals surface area contributed by atoms with Gasteiger partial charge in [0.15, 0.2) is 0 Å². The molecule has 1 saturated heterocycles. The number of carbonyl (C=O) groups is 2. The zero-order valence-electron chi connectivity index (χ0n) is 14.7. The Kier molecular flexibility index (Phi) is 5.54. The van der Waals surface area contributed by atoms with Gasteiger partial charge in [0.2, 0.25) is 11.8 Å². The van der Waals surface area contributed by atoms with Crippen LogP contribution in [-0.4, -0.2) is 35.8 Å². The van der Waals surface area contributed by atoms with Crippen LogP contribution in [0.4, 0.5) is 5.69 Å². The zero-order valence-corrected chi connectivity index (χ0v) is 14.7. The van der Waals surface area contributed by atoms with Crippen molar-refractivity contribution in [3.05, 3.63) is 29.8 Å². The summed E-state index contributed by atoms with van der Waals surface area (Å²) >= 11 is 0. The molecule has 0 aromatic heterocycles. The number of benzene rings is 1. The quantitative estimate of drug-likeness (QED) is 0.829. The van der Waals surface area contributed by atoms with Crippen LogP contribution in [0.15, 0.2) is 24.3 Å². The third kappa shape index (κ3) is 3.80. The molecule has 0 bridgehead atoms. The fourth-order valence-electron chi connectivity index (χ4n) is 4.02. The van der Waals surface area contributed by atoms with Crippen LogP contribution >= 0.6 is 0 Å². The van der Waals surface area contributed by atoms with Crippen molar-refractivity contribution < 1.29 is 9.59 Å². The Balaban J connectivity index is 1.62. The Morgan fingerprint density at radius 1 is 1.12 bits per heavy atom. The third-order valence-corrected chi connectivity index (χ3v) is 5.35. The molecule has 2 fully saturated rings. The second-order valence-corrected chi connectivity index (χ2v) is 6.96. The average molecular weight is 328 g/mol. The molecule has 2 aliphatic rings. The predicted octanol–water partition coefficient (Wildman–Crippen LogP) is 3.54. The molecule has 0 unspecified atom stereocenters. The largest absolute Gasteiger partial charge is 0.340 e. The summed E-state index contributed by atoms with van der Waals surface area (Å²) in [6.45, 7) is 3.68. The lowest BCUT2D eigenvalue weighted by molar-refractivity contribution is -0.133. The molecule has 0 N–H and O–H groups in total. The molecule has 1 aliphatic heterocycles. The maximum atomic E-state index is 12.7. The fraction of sp³-hybridized carbons (Fsp3) is 0.600. The van der Waals surface area contributed by atoms with Crippen LogP contribution in [0, 0.1) is 0 Å². The van der Waals surface area contributed by atoms with Crippen molar-refractivity contribution in [3.63, 3.8) is 0 Å². The van der Waals surface area contributed by atoms with Gasteiger partial charge in [0.25, 0.3) is 0 Å². The number of nitrogens with zero attached hydrogens (tertiary/aromatic N) is 2. The standard InChI is InChI=1S/C20H28N2O2/c1-2-21(17-7-4-3-5-8-17)20(24)15-16-10-12-18(13-11-16)22-14-6-9-19(22)23/h10-13,17H,2-9,14-15H2,1H3. The van der Waals surface area contributed by atoms with Crippen LogP contribution in [0.2, 0.25) is 0 Å². The maximum Gasteiger partial charge on any atom is 0.227 e. The summed E-state index contributed by atoms with van der Waals surface area (Å²) in [5.41, 5.74) is 1.98. The van der Waals surface area contributed by atoms with Crippen LogP contribution < -0.4 is 4.90 Å². The van der Waals surface area contributed by atoms with Crippen LogP contribution in [0.5, 0.6) is 0 Å². The van der Waals surface area contributed by atoms with Crippen molar-refractivity contribution in [2.45, 2.75) is 64.3 Å². The molecule has 24 heavy (non-hydrogen) atoms. The molecule has 1 aromatic rings. The van der Waals surface area contributed by atoms with Crippen molar-refractivity contribution in [1.82, 2.24) is 4.90 Å². The minimum absolute atomic E-state index is 0.202. The van der Waals surface area contributed by atoms with E-state index in [-0.39, 0.29) is 11.8 Å². The Morgan fingerprint density at radius 3 is 2.42 bits per heavy atom. The average Bonchev–Trinajstić information content (AvgIpc) is 3.03. The monoisotopic (exact) mass is 328 g/mol. The van der Waals surface area contributed by atoms with E-state index in [4.69, 9.17) is 0 Å². The smallest absolute Gasteiger partial charge is 0.227 e. The molecule has 4 heteroatoms. The Bertz CT molecular complexity index is 576. The number of hydrogen-bond acceptors (Lipinski definition) is 2. The first kappa shape index (κ1) is 17.0. The second kappa shape index (κ2) is 7.82. The Labute approximate surface area is 144 Å². The van der Waals surface area contributed by atoms with Gasteiger partial charge in [-0.3, -0.25) is 9.59 Å². The lowest BCUT2D eigenvalue weighted by Gasteiger charge is -2.33. The minimum Gasteiger partial charge on any atom is -0.340 e. The van der Waals surface area contributed by atoms with Crippen LogP contribution in [0.1, 0.15) is 57.4 Å². The summed E-state index contributed by atoms with van der Waals surface area (Å²) in [5, 5.41) is 0. The number of carbonyl (C=O) groups excluding carboxylic acids is 2. The Hall–Kier alpha value is -1.84. The summed E-state index contributed by atoms with van der Waals surface area (Å²) in [6, 6.07) is 8.37. The van der Waals surface area contributed by atoms with E-state index >= 15 is 0 Å². The van der Waals surface area contributed by atoms with Gasteiger partial charge in [0.1, 0.15) is 0 Å². The first-order valence-corrected chi connectivity index (χ1v) is 9.38. The third-order valence-electron chi connectivity index (χ3n) is 5.35. The molecular formula is C20H28N2O2. The molecule has 1 aromatic carbocycles. The minimum atomic E-state index is 0.202. The molecule has 1 aliphatic carbocycles. The number of amides is 2. The van der Waals surface area contributed by atoms with E-state index in [0.717, 1.165) is 43.6 Å². The van der Waals surface area contributed by atoms with Gasteiger partial charge < -0.3 is 9.80 Å². The molecule has 2 amide bonds. The van der Waals surface area contributed by atoms with E-state index in [0.29, 0.717) is 18.9 Å². The van der Waals surface area contributed by atoms with E-state index in [1.807, 2.05) is 29.2 Å². The molecule has 0 atom stereocenters. The first-order chi connectivity index (χ1) is 11.7. The van der Waals surface area contributed by atoms with Crippen LogP contribution in [0.25, 0.3) is 0 Å². The molecule has 3 rings (SSSR count). The number of rotatable bonds is 5. The normalized spacial score (nSPS) is 18.9. The van der Waals surface area contributed by atoms with Crippen molar-refractivity contribution in [2.75, 3.05) is 18.0 Å². The number of likely N-dealkylation sites (N-methyl/N-ethyl adjacent to an activating group) is 1. The van der Waals surface area contributed by atoms with Gasteiger partial charge in [0.05, 0.1) is 6.42 Å². The van der Waals surface area contributed by atoms with E-state index in [1.54, 1.807) is 0 Å². The Morgan fingerprint density at radius 2 is 1.83 bits per heavy atom. The summed E-state index contributed by atoms with van der Waals surface area (Å²) in [5.74, 6) is 0.433. The summed E-state index contributed by atoms with van der Waals surface area (Å²) < 4.78 is 0. The van der Waals surface area contributed by atoms with Gasteiger partial charge in [-0.05, 0) is 43.9 Å². The van der Waals surface area contributed by atoms with Crippen LogP contribution in [-0.2, 0) is 16.0 Å². The number of anilines is 1. The van der Waals surface area contributed by atoms with Gasteiger partial charge in [-0.25, -0.2) is 0 Å². The van der Waals surface area contributed by atoms with Gasteiger partial charge in [-0.15, -0.1) is 0 Å². The van der Waals surface area contributed by atoms with Gasteiger partial charge in [-0.1, -0.05) is 31.4 Å². The van der Waals surface area contributed by atoms with E-state index in [2.05, 4.69) is 11.8 Å².